The number of anilines is 1. The molecular weight excluding hydrogens is 347 g/mol. The Kier molecular flexibility index (Phi) is 3.99. The lowest BCUT2D eigenvalue weighted by molar-refractivity contribution is 0.376. The van der Waals surface area contributed by atoms with Crippen LogP contribution in [0.3, 0.4) is 0 Å². The van der Waals surface area contributed by atoms with Crippen molar-refractivity contribution in [2.24, 2.45) is 4.40 Å². The fourth-order valence-corrected chi connectivity index (χ4v) is 3.57. The van der Waals surface area contributed by atoms with Gasteiger partial charge in [-0.2, -0.15) is 8.42 Å². The van der Waals surface area contributed by atoms with Gasteiger partial charge in [-0.3, -0.25) is 0 Å². The lowest BCUT2D eigenvalue weighted by Crippen LogP contribution is -2.26. The van der Waals surface area contributed by atoms with Crippen LogP contribution in [-0.4, -0.2) is 20.9 Å². The van der Waals surface area contributed by atoms with E-state index < -0.39 is 10.0 Å². The summed E-state index contributed by atoms with van der Waals surface area (Å²) in [5.74, 6) is 0.580. The average Bonchev–Trinajstić information content (AvgIpc) is 2.46. The Balaban J connectivity index is 1.81. The summed E-state index contributed by atoms with van der Waals surface area (Å²) in [4.78, 5) is 0.142. The Morgan fingerprint density at radius 1 is 1.14 bits per heavy atom. The van der Waals surface area contributed by atoms with Crippen LogP contribution in [0.15, 0.2) is 51.8 Å². The Morgan fingerprint density at radius 3 is 2.68 bits per heavy atom. The highest BCUT2D eigenvalue weighted by Crippen LogP contribution is 2.29. The number of nitrogens with one attached hydrogen (secondary N) is 1. The number of benzene rings is 2. The highest BCUT2D eigenvalue weighted by Gasteiger charge is 2.24. The third-order valence-electron chi connectivity index (χ3n) is 2.93. The minimum Gasteiger partial charge on any atom is -0.484 e. The van der Waals surface area contributed by atoms with Gasteiger partial charge in [-0.15, -0.1) is 4.40 Å². The summed E-state index contributed by atoms with van der Waals surface area (Å²) in [5.41, 5.74) is 0.471. The second kappa shape index (κ2) is 5.79. The Morgan fingerprint density at radius 2 is 1.91 bits per heavy atom. The van der Waals surface area contributed by atoms with Gasteiger partial charge in [0.1, 0.15) is 17.3 Å². The van der Waals surface area contributed by atoms with Gasteiger partial charge < -0.3 is 10.1 Å². The lowest BCUT2D eigenvalue weighted by atomic mass is 10.3. The van der Waals surface area contributed by atoms with Crippen molar-refractivity contribution in [2.75, 3.05) is 11.9 Å². The van der Waals surface area contributed by atoms with Crippen molar-refractivity contribution in [2.45, 2.75) is 4.90 Å². The van der Waals surface area contributed by atoms with E-state index in [-0.39, 0.29) is 17.3 Å². The molecule has 0 unspecified atom stereocenters. The van der Waals surface area contributed by atoms with E-state index in [0.29, 0.717) is 21.5 Å². The number of para-hydroxylation sites is 1. The molecule has 0 aliphatic carbocycles. The number of halogens is 2. The van der Waals surface area contributed by atoms with Gasteiger partial charge in [0.15, 0.2) is 5.84 Å². The van der Waals surface area contributed by atoms with Crippen LogP contribution in [0, 0.1) is 0 Å². The van der Waals surface area contributed by atoms with E-state index in [1.807, 2.05) is 0 Å². The maximum absolute atomic E-state index is 12.1. The van der Waals surface area contributed by atoms with E-state index in [4.69, 9.17) is 27.9 Å². The Labute approximate surface area is 137 Å². The molecule has 8 heteroatoms. The highest BCUT2D eigenvalue weighted by atomic mass is 35.5. The molecule has 0 bridgehead atoms. The number of sulfonamides is 1. The third kappa shape index (κ3) is 3.04. The number of nitrogens with zero attached hydrogens (tertiary/aromatic N) is 1. The second-order valence-electron chi connectivity index (χ2n) is 4.50. The minimum absolute atomic E-state index is 0.0606. The van der Waals surface area contributed by atoms with Gasteiger partial charge in [0.05, 0.1) is 10.7 Å². The van der Waals surface area contributed by atoms with Crippen LogP contribution in [0.4, 0.5) is 5.69 Å². The van der Waals surface area contributed by atoms with E-state index in [0.717, 1.165) is 0 Å². The normalized spacial score (nSPS) is 15.5. The first-order valence-electron chi connectivity index (χ1n) is 6.23. The van der Waals surface area contributed by atoms with Crippen LogP contribution in [-0.2, 0) is 10.0 Å². The van der Waals surface area contributed by atoms with E-state index in [1.165, 1.54) is 6.07 Å². The molecule has 5 nitrogen and oxygen atoms in total. The maximum atomic E-state index is 12.1. The first-order chi connectivity index (χ1) is 10.5. The molecule has 2 aromatic carbocycles. The fraction of sp³-hybridized carbons (Fsp3) is 0.0714. The van der Waals surface area contributed by atoms with Gasteiger partial charge in [0, 0.05) is 5.02 Å². The van der Waals surface area contributed by atoms with Crippen LogP contribution in [0.2, 0.25) is 10.0 Å². The lowest BCUT2D eigenvalue weighted by Gasteiger charge is -2.18. The first kappa shape index (κ1) is 15.1. The van der Waals surface area contributed by atoms with Crippen molar-refractivity contribution < 1.29 is 13.2 Å². The third-order valence-corrected chi connectivity index (χ3v) is 4.84. The summed E-state index contributed by atoms with van der Waals surface area (Å²) >= 11 is 11.8. The highest BCUT2D eigenvalue weighted by molar-refractivity contribution is 7.90. The van der Waals surface area contributed by atoms with Gasteiger partial charge in [0.25, 0.3) is 10.0 Å². The monoisotopic (exact) mass is 356 g/mol. The minimum atomic E-state index is -3.72. The van der Waals surface area contributed by atoms with Crippen molar-refractivity contribution in [3.63, 3.8) is 0 Å². The van der Waals surface area contributed by atoms with Crippen LogP contribution in [0.1, 0.15) is 0 Å². The predicted molar refractivity (Wildman–Crippen MR) is 86.6 cm³/mol. The van der Waals surface area contributed by atoms with Crippen LogP contribution in [0.25, 0.3) is 0 Å². The van der Waals surface area contributed by atoms with Crippen molar-refractivity contribution in [3.05, 3.63) is 52.5 Å². The summed E-state index contributed by atoms with van der Waals surface area (Å²) < 4.78 is 33.4. The first-order valence-corrected chi connectivity index (χ1v) is 8.43. The number of hydrogen-bond donors (Lipinski definition) is 1. The molecule has 1 heterocycles. The van der Waals surface area contributed by atoms with Crippen LogP contribution < -0.4 is 10.1 Å². The Bertz CT molecular complexity index is 866. The molecule has 3 rings (SSSR count). The van der Waals surface area contributed by atoms with Crippen molar-refractivity contribution in [1.82, 2.24) is 0 Å². The molecular formula is C14H10Cl2N2O3S. The van der Waals surface area contributed by atoms with Gasteiger partial charge in [-0.1, -0.05) is 35.3 Å². The largest absolute Gasteiger partial charge is 0.484 e. The fourth-order valence-electron chi connectivity index (χ4n) is 1.97. The number of rotatable bonds is 3. The maximum Gasteiger partial charge on any atom is 0.286 e. The summed E-state index contributed by atoms with van der Waals surface area (Å²) in [7, 11) is -3.72. The van der Waals surface area contributed by atoms with E-state index in [1.54, 1.807) is 36.4 Å². The SMILES string of the molecule is O=S1(=O)N=C(COc2ccc(Cl)cc2Cl)Nc2ccccc21. The second-order valence-corrected chi connectivity index (χ2v) is 6.91. The summed E-state index contributed by atoms with van der Waals surface area (Å²) in [6, 6.07) is 11.3. The van der Waals surface area contributed by atoms with Crippen LogP contribution >= 0.6 is 23.2 Å². The molecule has 0 fully saturated rings. The molecule has 0 saturated carbocycles. The molecule has 22 heavy (non-hydrogen) atoms. The van der Waals surface area contributed by atoms with Crippen molar-refractivity contribution >= 4 is 44.7 Å². The van der Waals surface area contributed by atoms with E-state index in [2.05, 4.69) is 9.71 Å². The quantitative estimate of drug-likeness (QED) is 0.912. The average molecular weight is 357 g/mol. The topological polar surface area (TPSA) is 67.8 Å². The molecule has 0 radical (unpaired) electrons. The smallest absolute Gasteiger partial charge is 0.286 e. The van der Waals surface area contributed by atoms with E-state index in [9.17, 15) is 8.42 Å². The van der Waals surface area contributed by atoms with Crippen molar-refractivity contribution in [3.8, 4) is 5.75 Å². The molecule has 0 amide bonds. The van der Waals surface area contributed by atoms with Crippen LogP contribution in [0.5, 0.6) is 5.75 Å². The van der Waals surface area contributed by atoms with Gasteiger partial charge in [0.2, 0.25) is 0 Å². The molecule has 0 spiro atoms. The standard InChI is InChI=1S/C14H10Cl2N2O3S/c15-9-5-6-12(10(16)7-9)21-8-14-17-11-3-1-2-4-13(11)22(19,20)18-14/h1-7H,8H2,(H,17,18). The molecule has 1 aliphatic rings. The summed E-state index contributed by atoms with van der Waals surface area (Å²) in [6.45, 7) is -0.0606. The zero-order valence-electron chi connectivity index (χ0n) is 11.1. The molecule has 0 saturated heterocycles. The van der Waals surface area contributed by atoms with Gasteiger partial charge in [-0.05, 0) is 30.3 Å². The molecule has 1 N–H and O–H groups in total. The molecule has 114 valence electrons. The van der Waals surface area contributed by atoms with Gasteiger partial charge in [-0.25, -0.2) is 0 Å². The zero-order valence-corrected chi connectivity index (χ0v) is 13.4. The number of ether oxygens (including phenoxy) is 1. The predicted octanol–water partition coefficient (Wildman–Crippen LogP) is 3.59. The summed E-state index contributed by atoms with van der Waals surface area (Å²) in [6.07, 6.45) is 0. The van der Waals surface area contributed by atoms with Crippen molar-refractivity contribution in [1.29, 1.82) is 0 Å². The number of hydrogen-bond acceptors (Lipinski definition) is 4. The van der Waals surface area contributed by atoms with Gasteiger partial charge >= 0.3 is 0 Å². The zero-order chi connectivity index (χ0) is 15.7. The van der Waals surface area contributed by atoms with E-state index >= 15 is 0 Å². The Hall–Kier alpha value is -1.76. The number of fused-ring (bicyclic) bond motifs is 1. The molecule has 1 aliphatic heterocycles. The molecule has 0 atom stereocenters. The molecule has 0 aromatic heterocycles. The number of amidine groups is 1. The summed E-state index contributed by atoms with van der Waals surface area (Å²) in [5, 5.41) is 3.76. The molecule has 2 aromatic rings.